The SMILES string of the molecule is c1cc2c3cccc4c5cccc6c7cccc(c8cccc9c%10cccc(c(c1)c2oc34)c%10oc98)c7oc65. The molecule has 0 radical (unpaired) electrons. The van der Waals surface area contributed by atoms with Crippen LogP contribution in [0.2, 0.25) is 0 Å². The third kappa shape index (κ3) is 2.35. The lowest BCUT2D eigenvalue weighted by molar-refractivity contribution is 0.673. The molecule has 10 aromatic rings. The molecule has 39 heavy (non-hydrogen) atoms. The number of hydrogen-bond donors (Lipinski definition) is 0. The second-order valence-corrected chi connectivity index (χ2v) is 10.4. The summed E-state index contributed by atoms with van der Waals surface area (Å²) < 4.78 is 20.4. The molecule has 0 aliphatic rings. The molecular formula is C36H18O3. The molecule has 0 N–H and O–H groups in total. The Balaban J connectivity index is 1.65. The fraction of sp³-hybridized carbons (Fsp3) is 0. The highest BCUT2D eigenvalue weighted by Crippen LogP contribution is 2.43. The Kier molecular flexibility index (Phi) is 3.44. The van der Waals surface area contributed by atoms with E-state index in [1.807, 2.05) is 0 Å². The highest BCUT2D eigenvalue weighted by Gasteiger charge is 2.18. The predicted octanol–water partition coefficient (Wildman–Crippen LogP) is 10.8. The van der Waals surface area contributed by atoms with Gasteiger partial charge < -0.3 is 13.3 Å². The van der Waals surface area contributed by atoms with Crippen molar-refractivity contribution < 1.29 is 13.3 Å². The summed E-state index contributed by atoms with van der Waals surface area (Å²) in [4.78, 5) is 0. The van der Waals surface area contributed by atoms with Gasteiger partial charge in [-0.3, -0.25) is 0 Å². The number of hydrogen-bond acceptors (Lipinski definition) is 3. The van der Waals surface area contributed by atoms with Crippen LogP contribution in [0.3, 0.4) is 0 Å². The first-order valence-electron chi connectivity index (χ1n) is 13.2. The Bertz CT molecular complexity index is 2190. The van der Waals surface area contributed by atoms with E-state index in [2.05, 4.69) is 109 Å². The smallest absolute Gasteiger partial charge is 0.143 e. The van der Waals surface area contributed by atoms with Crippen molar-refractivity contribution in [2.75, 3.05) is 0 Å². The lowest BCUT2D eigenvalue weighted by atomic mass is 10.0. The van der Waals surface area contributed by atoms with Crippen LogP contribution in [-0.4, -0.2) is 0 Å². The van der Waals surface area contributed by atoms with Gasteiger partial charge in [-0.1, -0.05) is 109 Å². The van der Waals surface area contributed by atoms with Crippen molar-refractivity contribution >= 4 is 98.1 Å². The Labute approximate surface area is 220 Å². The Morgan fingerprint density at radius 3 is 0.462 bits per heavy atom. The molecule has 0 aliphatic carbocycles. The van der Waals surface area contributed by atoms with E-state index in [4.69, 9.17) is 13.3 Å². The number of fused-ring (bicyclic) bond motifs is 3. The quantitative estimate of drug-likeness (QED) is 0.209. The molecular weight excluding hydrogens is 480 g/mol. The van der Waals surface area contributed by atoms with Crippen LogP contribution in [0.25, 0.3) is 98.1 Å². The van der Waals surface area contributed by atoms with E-state index >= 15 is 0 Å². The first kappa shape index (κ1) is 19.8. The second kappa shape index (κ2) is 6.77. The molecule has 3 heterocycles. The van der Waals surface area contributed by atoms with Gasteiger partial charge in [0.15, 0.2) is 0 Å². The molecule has 3 nitrogen and oxygen atoms in total. The van der Waals surface area contributed by atoms with Crippen LogP contribution in [0.15, 0.2) is 122 Å². The molecule has 180 valence electrons. The minimum Gasteiger partial charge on any atom is -0.455 e. The lowest BCUT2D eigenvalue weighted by Gasteiger charge is -1.97. The lowest BCUT2D eigenvalue weighted by Crippen LogP contribution is -1.74. The van der Waals surface area contributed by atoms with Gasteiger partial charge in [-0.05, 0) is 0 Å². The molecule has 0 saturated heterocycles. The normalized spacial score (nSPS) is 12.6. The van der Waals surface area contributed by atoms with Crippen LogP contribution in [0.5, 0.6) is 0 Å². The molecule has 0 aliphatic heterocycles. The van der Waals surface area contributed by atoms with Crippen molar-refractivity contribution in [3.05, 3.63) is 109 Å². The molecule has 0 atom stereocenters. The zero-order valence-electron chi connectivity index (χ0n) is 20.6. The summed E-state index contributed by atoms with van der Waals surface area (Å²) in [5.41, 5.74) is 5.17. The summed E-state index contributed by atoms with van der Waals surface area (Å²) in [6, 6.07) is 38.3. The fourth-order valence-electron chi connectivity index (χ4n) is 6.73. The molecule has 10 rings (SSSR count). The zero-order chi connectivity index (χ0) is 25.2. The molecule has 0 amide bonds. The summed E-state index contributed by atoms with van der Waals surface area (Å²) in [5, 5.41) is 12.7. The van der Waals surface area contributed by atoms with Gasteiger partial charge in [-0.2, -0.15) is 0 Å². The highest BCUT2D eigenvalue weighted by molar-refractivity contribution is 6.27. The van der Waals surface area contributed by atoms with E-state index in [0.29, 0.717) is 0 Å². The number of rotatable bonds is 0. The van der Waals surface area contributed by atoms with Gasteiger partial charge in [0, 0.05) is 64.6 Å². The van der Waals surface area contributed by atoms with Crippen molar-refractivity contribution in [3.8, 4) is 0 Å². The molecule has 3 aromatic heterocycles. The van der Waals surface area contributed by atoms with Gasteiger partial charge in [0.1, 0.15) is 33.5 Å². The molecule has 0 saturated carbocycles. The van der Waals surface area contributed by atoms with E-state index < -0.39 is 0 Å². The molecule has 3 heteroatoms. The molecule has 18 bridgehead atoms. The third-order valence-electron chi connectivity index (χ3n) is 8.44. The van der Waals surface area contributed by atoms with Crippen molar-refractivity contribution in [2.45, 2.75) is 0 Å². The molecule has 0 unspecified atom stereocenters. The van der Waals surface area contributed by atoms with E-state index in [9.17, 15) is 0 Å². The standard InChI is InChI=1S/C36H18O3/c1-7-19-20-8-2-15-27-28-16-5-11-23-24-12-6-18-30(36(24)39-35(23)28)29-17-4-10-22-21-9-3-14-26(33(21)38-34(22)29)25(13-1)31(19)37-32(20)27/h1-18H. The van der Waals surface area contributed by atoms with Crippen molar-refractivity contribution in [2.24, 2.45) is 0 Å². The Morgan fingerprint density at radius 2 is 0.333 bits per heavy atom. The summed E-state index contributed by atoms with van der Waals surface area (Å²) in [6.07, 6.45) is 0. The zero-order valence-corrected chi connectivity index (χ0v) is 20.6. The topological polar surface area (TPSA) is 39.4 Å². The number of furan rings is 3. The first-order valence-corrected chi connectivity index (χ1v) is 13.2. The van der Waals surface area contributed by atoms with Gasteiger partial charge in [0.25, 0.3) is 0 Å². The molecule has 0 spiro atoms. The molecule has 0 fully saturated rings. The minimum atomic E-state index is 0.862. The maximum absolute atomic E-state index is 6.80. The van der Waals surface area contributed by atoms with Gasteiger partial charge >= 0.3 is 0 Å². The fourth-order valence-corrected chi connectivity index (χ4v) is 6.73. The summed E-state index contributed by atoms with van der Waals surface area (Å²) in [5.74, 6) is 0. The second-order valence-electron chi connectivity index (χ2n) is 10.4. The molecule has 7 aromatic carbocycles. The first-order chi connectivity index (χ1) is 19.3. The average Bonchev–Trinajstić information content (AvgIpc) is 3.67. The van der Waals surface area contributed by atoms with Gasteiger partial charge in [0.2, 0.25) is 0 Å². The van der Waals surface area contributed by atoms with Gasteiger partial charge in [0.05, 0.1) is 0 Å². The van der Waals surface area contributed by atoms with Crippen molar-refractivity contribution in [1.29, 1.82) is 0 Å². The van der Waals surface area contributed by atoms with Crippen molar-refractivity contribution in [1.82, 2.24) is 0 Å². The summed E-state index contributed by atoms with van der Waals surface area (Å²) >= 11 is 0. The average molecular weight is 499 g/mol. The maximum Gasteiger partial charge on any atom is 0.143 e. The number of benzene rings is 6. The van der Waals surface area contributed by atoms with Crippen molar-refractivity contribution in [3.63, 3.8) is 0 Å². The predicted molar refractivity (Wildman–Crippen MR) is 161 cm³/mol. The van der Waals surface area contributed by atoms with Crippen LogP contribution in [0, 0.1) is 0 Å². The third-order valence-corrected chi connectivity index (χ3v) is 8.44. The highest BCUT2D eigenvalue weighted by atomic mass is 16.3. The summed E-state index contributed by atoms with van der Waals surface area (Å²) in [6.45, 7) is 0. The minimum absolute atomic E-state index is 0.862. The largest absolute Gasteiger partial charge is 0.455 e. The maximum atomic E-state index is 6.80. The Morgan fingerprint density at radius 1 is 0.205 bits per heavy atom. The van der Waals surface area contributed by atoms with Crippen LogP contribution in [0.1, 0.15) is 0 Å². The van der Waals surface area contributed by atoms with Crippen LogP contribution >= 0.6 is 0 Å². The number of para-hydroxylation sites is 6. The van der Waals surface area contributed by atoms with E-state index in [0.717, 1.165) is 98.1 Å². The van der Waals surface area contributed by atoms with E-state index in [-0.39, 0.29) is 0 Å². The van der Waals surface area contributed by atoms with E-state index in [1.54, 1.807) is 0 Å². The Hall–Kier alpha value is -5.28. The van der Waals surface area contributed by atoms with Crippen LogP contribution < -0.4 is 0 Å². The van der Waals surface area contributed by atoms with E-state index in [1.165, 1.54) is 0 Å². The van der Waals surface area contributed by atoms with Crippen LogP contribution in [-0.2, 0) is 0 Å². The monoisotopic (exact) mass is 498 g/mol. The van der Waals surface area contributed by atoms with Crippen LogP contribution in [0.4, 0.5) is 0 Å². The summed E-state index contributed by atoms with van der Waals surface area (Å²) in [7, 11) is 0. The van der Waals surface area contributed by atoms with Gasteiger partial charge in [-0.15, -0.1) is 0 Å². The van der Waals surface area contributed by atoms with Gasteiger partial charge in [-0.25, -0.2) is 0 Å².